The summed E-state index contributed by atoms with van der Waals surface area (Å²) in [5, 5.41) is 4.38. The van der Waals surface area contributed by atoms with E-state index in [2.05, 4.69) is 28.9 Å². The summed E-state index contributed by atoms with van der Waals surface area (Å²) in [6, 6.07) is 23.2. The number of methoxy groups -OCH3 is 2. The lowest BCUT2D eigenvalue weighted by atomic mass is 10.0. The molecule has 0 fully saturated rings. The Morgan fingerprint density at radius 1 is 0.947 bits per heavy atom. The van der Waals surface area contributed by atoms with Gasteiger partial charge in [0.05, 0.1) is 36.2 Å². The maximum absolute atomic E-state index is 12.5. The molecule has 1 aromatic heterocycles. The van der Waals surface area contributed by atoms with Gasteiger partial charge in [-0.1, -0.05) is 42.4 Å². The number of aromatic nitrogens is 2. The molecule has 1 heterocycles. The van der Waals surface area contributed by atoms with Crippen molar-refractivity contribution in [1.29, 1.82) is 0 Å². The average molecular weight is 550 g/mol. The zero-order chi connectivity index (χ0) is 26.9. The highest BCUT2D eigenvalue weighted by Crippen LogP contribution is 2.37. The zero-order valence-corrected chi connectivity index (χ0v) is 23.4. The molecule has 0 aliphatic heterocycles. The highest BCUT2D eigenvalue weighted by atomic mass is 35.5. The maximum Gasteiger partial charge on any atom is 0.252 e. The topological polar surface area (TPSA) is 65.4 Å². The third kappa shape index (κ3) is 6.52. The van der Waals surface area contributed by atoms with E-state index in [-0.39, 0.29) is 5.91 Å². The summed E-state index contributed by atoms with van der Waals surface area (Å²) in [5.74, 6) is 2.28. The minimum atomic E-state index is -0.156. The van der Waals surface area contributed by atoms with Crippen LogP contribution in [0.1, 0.15) is 30.1 Å². The maximum atomic E-state index is 12.5. The van der Waals surface area contributed by atoms with Gasteiger partial charge in [0.1, 0.15) is 11.5 Å². The number of hydrogen-bond acceptors (Lipinski definition) is 5. The normalized spacial score (nSPS) is 10.8. The van der Waals surface area contributed by atoms with Gasteiger partial charge in [-0.2, -0.15) is 0 Å². The molecule has 0 saturated carbocycles. The fraction of sp³-hybridized carbons (Fsp3) is 0.267. The lowest BCUT2D eigenvalue weighted by molar-refractivity contribution is 0.0954. The van der Waals surface area contributed by atoms with Gasteiger partial charge in [0.2, 0.25) is 0 Å². The van der Waals surface area contributed by atoms with Crippen molar-refractivity contribution < 1.29 is 14.3 Å². The highest BCUT2D eigenvalue weighted by Gasteiger charge is 2.20. The Hall–Kier alpha value is -3.42. The van der Waals surface area contributed by atoms with Gasteiger partial charge in [0.15, 0.2) is 5.16 Å². The van der Waals surface area contributed by atoms with Crippen molar-refractivity contribution in [1.82, 2.24) is 14.9 Å². The molecule has 4 rings (SSSR count). The van der Waals surface area contributed by atoms with Crippen LogP contribution in [-0.2, 0) is 6.54 Å². The van der Waals surface area contributed by atoms with Gasteiger partial charge in [-0.3, -0.25) is 4.79 Å². The Labute approximate surface area is 233 Å². The smallest absolute Gasteiger partial charge is 0.252 e. The quantitative estimate of drug-likeness (QED) is 0.149. The van der Waals surface area contributed by atoms with Crippen LogP contribution in [0.3, 0.4) is 0 Å². The first-order valence-corrected chi connectivity index (χ1v) is 14.0. The second-order valence-corrected chi connectivity index (χ2v) is 10.1. The Bertz CT molecular complexity index is 1350. The van der Waals surface area contributed by atoms with Gasteiger partial charge < -0.3 is 19.4 Å². The van der Waals surface area contributed by atoms with E-state index < -0.39 is 0 Å². The minimum Gasteiger partial charge on any atom is -0.497 e. The molecule has 8 heteroatoms. The monoisotopic (exact) mass is 549 g/mol. The van der Waals surface area contributed by atoms with Crippen molar-refractivity contribution in [3.63, 3.8) is 0 Å². The van der Waals surface area contributed by atoms with Gasteiger partial charge in [0.25, 0.3) is 5.91 Å². The molecule has 1 amide bonds. The van der Waals surface area contributed by atoms with E-state index in [1.165, 1.54) is 0 Å². The number of ether oxygens (including phenoxy) is 2. The first-order valence-electron chi connectivity index (χ1n) is 12.6. The molecule has 0 unspecified atom stereocenters. The van der Waals surface area contributed by atoms with Crippen LogP contribution in [0.25, 0.3) is 22.5 Å². The molecule has 0 aliphatic carbocycles. The van der Waals surface area contributed by atoms with Crippen LogP contribution >= 0.6 is 23.4 Å². The van der Waals surface area contributed by atoms with E-state index in [1.54, 1.807) is 38.1 Å². The average Bonchev–Trinajstić information content (AvgIpc) is 3.31. The van der Waals surface area contributed by atoms with E-state index in [1.807, 2.05) is 48.5 Å². The van der Waals surface area contributed by atoms with Gasteiger partial charge >= 0.3 is 0 Å². The fourth-order valence-corrected chi connectivity index (χ4v) is 5.33. The minimum absolute atomic E-state index is 0.156. The van der Waals surface area contributed by atoms with Crippen LogP contribution in [0.4, 0.5) is 0 Å². The van der Waals surface area contributed by atoms with Crippen LogP contribution in [0.2, 0.25) is 5.02 Å². The van der Waals surface area contributed by atoms with Crippen molar-refractivity contribution in [2.75, 3.05) is 26.5 Å². The van der Waals surface area contributed by atoms with E-state index in [9.17, 15) is 4.79 Å². The number of hydrogen-bond donors (Lipinski definition) is 1. The Balaban J connectivity index is 1.55. The number of carbonyl (C=O) groups is 1. The summed E-state index contributed by atoms with van der Waals surface area (Å²) in [6.45, 7) is 3.57. The van der Waals surface area contributed by atoms with E-state index in [0.29, 0.717) is 17.1 Å². The van der Waals surface area contributed by atoms with Crippen molar-refractivity contribution in [2.45, 2.75) is 31.5 Å². The van der Waals surface area contributed by atoms with Crippen LogP contribution in [0, 0.1) is 0 Å². The van der Waals surface area contributed by atoms with Crippen LogP contribution in [-0.4, -0.2) is 42.0 Å². The summed E-state index contributed by atoms with van der Waals surface area (Å²) in [6.07, 6.45) is 1.78. The van der Waals surface area contributed by atoms with Gasteiger partial charge in [-0.05, 0) is 73.5 Å². The van der Waals surface area contributed by atoms with E-state index >= 15 is 0 Å². The van der Waals surface area contributed by atoms with Crippen LogP contribution in [0.15, 0.2) is 78.0 Å². The molecule has 38 heavy (non-hydrogen) atoms. The SMILES string of the molecule is CCCn1c(SCCCNC(=O)c2ccccc2Cl)nc(-c2ccc(OC)cc2)c1-c1ccc(OC)cc1. The molecule has 0 atom stereocenters. The van der Waals surface area contributed by atoms with Crippen LogP contribution in [0.5, 0.6) is 11.5 Å². The lowest BCUT2D eigenvalue weighted by Crippen LogP contribution is -2.25. The fourth-order valence-electron chi connectivity index (χ4n) is 4.14. The number of nitrogens with zero attached hydrogens (tertiary/aromatic N) is 2. The summed E-state index contributed by atoms with van der Waals surface area (Å²) < 4.78 is 13.0. The first kappa shape index (κ1) is 27.6. The molecule has 0 bridgehead atoms. The number of rotatable bonds is 12. The van der Waals surface area contributed by atoms with Crippen molar-refractivity contribution in [2.24, 2.45) is 0 Å². The summed E-state index contributed by atoms with van der Waals surface area (Å²) in [5.41, 5.74) is 4.61. The van der Waals surface area contributed by atoms with E-state index in [0.717, 1.165) is 64.3 Å². The molecule has 4 aromatic rings. The Morgan fingerprint density at radius 2 is 1.58 bits per heavy atom. The van der Waals surface area contributed by atoms with Crippen molar-refractivity contribution >= 4 is 29.3 Å². The molecule has 0 aliphatic rings. The van der Waals surface area contributed by atoms with Crippen molar-refractivity contribution in [3.8, 4) is 34.0 Å². The predicted octanol–water partition coefficient (Wildman–Crippen LogP) is 7.21. The molecule has 6 nitrogen and oxygen atoms in total. The second kappa shape index (κ2) is 13.4. The predicted molar refractivity (Wildman–Crippen MR) is 156 cm³/mol. The Morgan fingerprint density at radius 3 is 2.18 bits per heavy atom. The zero-order valence-electron chi connectivity index (χ0n) is 21.9. The molecule has 0 saturated heterocycles. The second-order valence-electron chi connectivity index (χ2n) is 8.64. The third-order valence-corrected chi connectivity index (χ3v) is 7.46. The molecule has 198 valence electrons. The number of halogens is 1. The first-order chi connectivity index (χ1) is 18.5. The van der Waals surface area contributed by atoms with Crippen LogP contribution < -0.4 is 14.8 Å². The number of benzene rings is 3. The summed E-state index contributed by atoms with van der Waals surface area (Å²) >= 11 is 7.85. The standard InChI is InChI=1S/C30H32ClN3O3S/c1-4-19-34-28(22-12-16-24(37-3)17-13-22)27(21-10-14-23(36-2)15-11-21)33-30(34)38-20-7-18-32-29(35)25-8-5-6-9-26(25)31/h5-6,8-17H,4,7,18-20H2,1-3H3,(H,32,35). The molecule has 0 radical (unpaired) electrons. The largest absolute Gasteiger partial charge is 0.497 e. The summed E-state index contributed by atoms with van der Waals surface area (Å²) in [7, 11) is 3.34. The van der Waals surface area contributed by atoms with Gasteiger partial charge in [-0.15, -0.1) is 0 Å². The molecular formula is C30H32ClN3O3S. The molecule has 0 spiro atoms. The summed E-state index contributed by atoms with van der Waals surface area (Å²) in [4.78, 5) is 17.6. The number of nitrogens with one attached hydrogen (secondary N) is 1. The number of thioether (sulfide) groups is 1. The molecule has 3 aromatic carbocycles. The van der Waals surface area contributed by atoms with Gasteiger partial charge in [-0.25, -0.2) is 4.98 Å². The number of amides is 1. The number of imidazole rings is 1. The Kier molecular flexibility index (Phi) is 9.73. The lowest BCUT2D eigenvalue weighted by Gasteiger charge is -2.13. The molecular weight excluding hydrogens is 518 g/mol. The number of carbonyl (C=O) groups excluding carboxylic acids is 1. The van der Waals surface area contributed by atoms with E-state index in [4.69, 9.17) is 26.1 Å². The third-order valence-electron chi connectivity index (χ3n) is 6.06. The van der Waals surface area contributed by atoms with Gasteiger partial charge in [0, 0.05) is 30.0 Å². The molecule has 1 N–H and O–H groups in total. The highest BCUT2D eigenvalue weighted by molar-refractivity contribution is 7.99. The van der Waals surface area contributed by atoms with Crippen molar-refractivity contribution in [3.05, 3.63) is 83.4 Å².